The fourth-order valence-corrected chi connectivity index (χ4v) is 1.62. The molecule has 90 valence electrons. The fourth-order valence-electron chi connectivity index (χ4n) is 1.62. The second kappa shape index (κ2) is 4.71. The van der Waals surface area contributed by atoms with Gasteiger partial charge < -0.3 is 10.2 Å². The van der Waals surface area contributed by atoms with Crippen LogP contribution in [0.2, 0.25) is 0 Å². The number of carbonyl (C=O) groups is 2. The van der Waals surface area contributed by atoms with Gasteiger partial charge in [0.2, 0.25) is 0 Å². The summed E-state index contributed by atoms with van der Waals surface area (Å²) < 4.78 is 0. The van der Waals surface area contributed by atoms with Crippen LogP contribution in [0.3, 0.4) is 0 Å². The van der Waals surface area contributed by atoms with Crippen molar-refractivity contribution < 1.29 is 19.8 Å². The fraction of sp³-hybridized carbons (Fsp3) is 0. The number of carbonyl (C=O) groups excluding carboxylic acids is 2. The van der Waals surface area contributed by atoms with E-state index in [2.05, 4.69) is 0 Å². The number of benzene rings is 2. The monoisotopic (exact) mass is 242 g/mol. The molecule has 0 aliphatic carbocycles. The summed E-state index contributed by atoms with van der Waals surface area (Å²) in [6.45, 7) is 0. The maximum Gasteiger partial charge on any atom is 0.196 e. The van der Waals surface area contributed by atoms with E-state index >= 15 is 0 Å². The van der Waals surface area contributed by atoms with E-state index in [4.69, 9.17) is 0 Å². The van der Waals surface area contributed by atoms with E-state index in [1.165, 1.54) is 6.07 Å². The highest BCUT2D eigenvalue weighted by atomic mass is 16.3. The van der Waals surface area contributed by atoms with Crippen molar-refractivity contribution in [3.8, 4) is 11.5 Å². The summed E-state index contributed by atoms with van der Waals surface area (Å²) in [5.74, 6) is -1.12. The van der Waals surface area contributed by atoms with Gasteiger partial charge in [-0.05, 0) is 6.07 Å². The molecule has 0 atom stereocenters. The number of phenols is 2. The van der Waals surface area contributed by atoms with Crippen molar-refractivity contribution in [1.82, 2.24) is 0 Å². The van der Waals surface area contributed by atoms with Crippen molar-refractivity contribution in [3.63, 3.8) is 0 Å². The summed E-state index contributed by atoms with van der Waals surface area (Å²) in [7, 11) is 0. The van der Waals surface area contributed by atoms with Gasteiger partial charge in [-0.1, -0.05) is 30.3 Å². The Morgan fingerprint density at radius 3 is 2.28 bits per heavy atom. The third-order valence-corrected chi connectivity index (χ3v) is 2.55. The van der Waals surface area contributed by atoms with Crippen LogP contribution in [0.15, 0.2) is 42.5 Å². The molecular weight excluding hydrogens is 232 g/mol. The van der Waals surface area contributed by atoms with Gasteiger partial charge >= 0.3 is 0 Å². The standard InChI is InChI=1S/C14H10O4/c15-8-10-6-11(13(17)7-12(10)16)14(18)9-4-2-1-3-5-9/h1-8,16-17H. The molecule has 0 radical (unpaired) electrons. The highest BCUT2D eigenvalue weighted by Gasteiger charge is 2.16. The molecule has 2 aromatic rings. The van der Waals surface area contributed by atoms with Crippen LogP contribution in [0.4, 0.5) is 0 Å². The first-order valence-electron chi connectivity index (χ1n) is 5.24. The lowest BCUT2D eigenvalue weighted by molar-refractivity contribution is 0.103. The third kappa shape index (κ3) is 2.08. The van der Waals surface area contributed by atoms with E-state index in [1.807, 2.05) is 0 Å². The number of ketones is 1. The molecule has 0 aliphatic heterocycles. The minimum Gasteiger partial charge on any atom is -0.507 e. The van der Waals surface area contributed by atoms with Crippen molar-refractivity contribution in [2.75, 3.05) is 0 Å². The van der Waals surface area contributed by atoms with Crippen LogP contribution in [0.1, 0.15) is 26.3 Å². The minimum atomic E-state index is -0.406. The van der Waals surface area contributed by atoms with Crippen molar-refractivity contribution >= 4 is 12.1 Å². The second-order valence-corrected chi connectivity index (χ2v) is 3.74. The van der Waals surface area contributed by atoms with Crippen molar-refractivity contribution in [1.29, 1.82) is 0 Å². The van der Waals surface area contributed by atoms with E-state index in [1.54, 1.807) is 30.3 Å². The molecule has 0 heterocycles. The Balaban J connectivity index is 2.52. The molecule has 4 heteroatoms. The largest absolute Gasteiger partial charge is 0.507 e. The van der Waals surface area contributed by atoms with E-state index in [0.717, 1.165) is 6.07 Å². The van der Waals surface area contributed by atoms with Gasteiger partial charge in [0, 0.05) is 11.6 Å². The molecule has 2 N–H and O–H groups in total. The molecule has 18 heavy (non-hydrogen) atoms. The van der Waals surface area contributed by atoms with Gasteiger partial charge in [0.05, 0.1) is 11.1 Å². The van der Waals surface area contributed by atoms with Crippen molar-refractivity contribution in [3.05, 3.63) is 59.2 Å². The molecule has 0 spiro atoms. The first kappa shape index (κ1) is 11.9. The average Bonchev–Trinajstić information content (AvgIpc) is 2.39. The normalized spacial score (nSPS) is 10.0. The van der Waals surface area contributed by atoms with Crippen molar-refractivity contribution in [2.45, 2.75) is 0 Å². The lowest BCUT2D eigenvalue weighted by Crippen LogP contribution is -2.02. The SMILES string of the molecule is O=Cc1cc(C(=O)c2ccccc2)c(O)cc1O. The van der Waals surface area contributed by atoms with Crippen LogP contribution in [-0.2, 0) is 0 Å². The number of hydrogen-bond donors (Lipinski definition) is 2. The lowest BCUT2D eigenvalue weighted by Gasteiger charge is -2.06. The summed E-state index contributed by atoms with van der Waals surface area (Å²) in [6.07, 6.45) is 0.427. The van der Waals surface area contributed by atoms with Crippen LogP contribution in [0.5, 0.6) is 11.5 Å². The zero-order valence-electron chi connectivity index (χ0n) is 9.33. The van der Waals surface area contributed by atoms with Gasteiger partial charge in [0.1, 0.15) is 11.5 Å². The summed E-state index contributed by atoms with van der Waals surface area (Å²) in [5, 5.41) is 19.0. The Morgan fingerprint density at radius 2 is 1.67 bits per heavy atom. The Hall–Kier alpha value is -2.62. The van der Waals surface area contributed by atoms with E-state index in [0.29, 0.717) is 11.8 Å². The second-order valence-electron chi connectivity index (χ2n) is 3.74. The van der Waals surface area contributed by atoms with Crippen molar-refractivity contribution in [2.24, 2.45) is 0 Å². The predicted molar refractivity (Wildman–Crippen MR) is 65.0 cm³/mol. The highest BCUT2D eigenvalue weighted by Crippen LogP contribution is 2.28. The third-order valence-electron chi connectivity index (χ3n) is 2.55. The quantitative estimate of drug-likeness (QED) is 0.638. The summed E-state index contributed by atoms with van der Waals surface area (Å²) in [4.78, 5) is 22.8. The molecule has 0 bridgehead atoms. The van der Waals surface area contributed by atoms with Crippen LogP contribution < -0.4 is 0 Å². The number of phenolic OH excluding ortho intramolecular Hbond substituents is 2. The number of aldehydes is 1. The maximum absolute atomic E-state index is 12.1. The molecule has 0 saturated heterocycles. The minimum absolute atomic E-state index is 0.0129. The Kier molecular flexibility index (Phi) is 3.10. The number of aromatic hydroxyl groups is 2. The molecule has 2 rings (SSSR count). The molecule has 0 aromatic heterocycles. The Bertz CT molecular complexity index is 603. The maximum atomic E-state index is 12.1. The average molecular weight is 242 g/mol. The summed E-state index contributed by atoms with van der Waals surface area (Å²) >= 11 is 0. The molecule has 0 saturated carbocycles. The van der Waals surface area contributed by atoms with Crippen LogP contribution in [-0.4, -0.2) is 22.3 Å². The molecule has 0 amide bonds. The highest BCUT2D eigenvalue weighted by molar-refractivity contribution is 6.11. The Labute approximate surface area is 103 Å². The van der Waals surface area contributed by atoms with Crippen LogP contribution >= 0.6 is 0 Å². The number of rotatable bonds is 3. The summed E-state index contributed by atoms with van der Waals surface area (Å²) in [6, 6.07) is 10.5. The zero-order valence-corrected chi connectivity index (χ0v) is 9.33. The molecule has 0 fully saturated rings. The first-order valence-corrected chi connectivity index (χ1v) is 5.24. The molecule has 0 unspecified atom stereocenters. The molecule has 2 aromatic carbocycles. The smallest absolute Gasteiger partial charge is 0.196 e. The van der Waals surface area contributed by atoms with Crippen LogP contribution in [0.25, 0.3) is 0 Å². The van der Waals surface area contributed by atoms with Gasteiger partial charge in [0.25, 0.3) is 0 Å². The first-order chi connectivity index (χ1) is 8.63. The van der Waals surface area contributed by atoms with Crippen LogP contribution in [0, 0.1) is 0 Å². The van der Waals surface area contributed by atoms with E-state index < -0.39 is 5.78 Å². The Morgan fingerprint density at radius 1 is 1.00 bits per heavy atom. The predicted octanol–water partition coefficient (Wildman–Crippen LogP) is 2.14. The summed E-state index contributed by atoms with van der Waals surface area (Å²) in [5.41, 5.74) is 0.350. The number of hydrogen-bond acceptors (Lipinski definition) is 4. The molecule has 4 nitrogen and oxygen atoms in total. The zero-order chi connectivity index (χ0) is 13.1. The lowest BCUT2D eigenvalue weighted by atomic mass is 10.00. The van der Waals surface area contributed by atoms with E-state index in [-0.39, 0.29) is 22.6 Å². The van der Waals surface area contributed by atoms with E-state index in [9.17, 15) is 19.8 Å². The van der Waals surface area contributed by atoms with Gasteiger partial charge in [0.15, 0.2) is 12.1 Å². The van der Waals surface area contributed by atoms with Gasteiger partial charge in [-0.2, -0.15) is 0 Å². The van der Waals surface area contributed by atoms with Gasteiger partial charge in [-0.3, -0.25) is 9.59 Å². The molecule has 0 aliphatic rings. The topological polar surface area (TPSA) is 74.6 Å². The van der Waals surface area contributed by atoms with Gasteiger partial charge in [-0.15, -0.1) is 0 Å². The van der Waals surface area contributed by atoms with Gasteiger partial charge in [-0.25, -0.2) is 0 Å². The molecular formula is C14H10O4.